The number of rotatable bonds is 7. The Labute approximate surface area is 186 Å². The van der Waals surface area contributed by atoms with Gasteiger partial charge in [0.2, 0.25) is 11.8 Å². The number of nitrogens with zero attached hydrogens (tertiary/aromatic N) is 1. The van der Waals surface area contributed by atoms with E-state index in [-0.39, 0.29) is 29.5 Å². The van der Waals surface area contributed by atoms with E-state index in [1.165, 1.54) is 18.3 Å². The van der Waals surface area contributed by atoms with Gasteiger partial charge in [-0.1, -0.05) is 12.2 Å². The number of nitrogens with one attached hydrogen (secondary N) is 1. The van der Waals surface area contributed by atoms with Crippen LogP contribution in [0.2, 0.25) is 0 Å². The zero-order valence-corrected chi connectivity index (χ0v) is 18.7. The van der Waals surface area contributed by atoms with Gasteiger partial charge in [-0.15, -0.1) is 11.3 Å². The molecule has 0 aromatic carbocycles. The SMILES string of the molecule is CC(=O)c1csc(C[C@@]2(C(N)=O)[C@H]3C=C[C@H](C34CC4)[C@@]2(CC2CCNCC2)C(N)=O)n1. The van der Waals surface area contributed by atoms with Gasteiger partial charge in [0.15, 0.2) is 5.78 Å². The smallest absolute Gasteiger partial charge is 0.225 e. The molecule has 0 radical (unpaired) electrons. The quantitative estimate of drug-likeness (QED) is 0.438. The molecule has 1 spiro atoms. The Morgan fingerprint density at radius 3 is 2.23 bits per heavy atom. The second-order valence-electron chi connectivity index (χ2n) is 10.0. The standard InChI is InChI=1S/C23H30N4O3S/c1-13(28)15-12-31-18(27-15)11-23(20(25)30)17-3-2-16(21(17)6-7-21)22(23,19(24)29)10-14-4-8-26-9-5-14/h2-3,12,14,16-17,26H,4-11H2,1H3,(H2,24,29)(H2,25,30)/t16-,17+,22+,23+/m1/s1. The number of thiazole rings is 1. The van der Waals surface area contributed by atoms with E-state index in [0.717, 1.165) is 38.8 Å². The van der Waals surface area contributed by atoms with Crippen molar-refractivity contribution in [2.24, 2.45) is 45.5 Å². The van der Waals surface area contributed by atoms with Crippen molar-refractivity contribution in [2.75, 3.05) is 13.1 Å². The number of carbonyl (C=O) groups excluding carboxylic acids is 3. The predicted molar refractivity (Wildman–Crippen MR) is 117 cm³/mol. The highest BCUT2D eigenvalue weighted by Crippen LogP contribution is 2.81. The van der Waals surface area contributed by atoms with Crippen molar-refractivity contribution < 1.29 is 14.4 Å². The van der Waals surface area contributed by atoms with Crippen LogP contribution in [0.25, 0.3) is 0 Å². The molecule has 166 valence electrons. The number of aromatic nitrogens is 1. The first-order valence-corrected chi connectivity index (χ1v) is 12.1. The minimum atomic E-state index is -1.11. The number of allylic oxidation sites excluding steroid dienone is 2. The van der Waals surface area contributed by atoms with Crippen LogP contribution in [0.1, 0.15) is 54.5 Å². The molecule has 3 fully saturated rings. The second-order valence-corrected chi connectivity index (χ2v) is 10.9. The van der Waals surface area contributed by atoms with Crippen LogP contribution in [0.5, 0.6) is 0 Å². The van der Waals surface area contributed by atoms with Crippen molar-refractivity contribution >= 4 is 28.9 Å². The molecule has 4 aliphatic rings. The minimum Gasteiger partial charge on any atom is -0.369 e. The van der Waals surface area contributed by atoms with Crippen LogP contribution in [0.3, 0.4) is 0 Å². The molecule has 4 atom stereocenters. The van der Waals surface area contributed by atoms with E-state index in [1.54, 1.807) is 5.38 Å². The summed E-state index contributed by atoms with van der Waals surface area (Å²) in [6.07, 6.45) is 9.02. The minimum absolute atomic E-state index is 0.0582. The lowest BCUT2D eigenvalue weighted by Crippen LogP contribution is -2.61. The first-order valence-electron chi connectivity index (χ1n) is 11.2. The molecule has 2 heterocycles. The summed E-state index contributed by atoms with van der Waals surface area (Å²) >= 11 is 1.36. The van der Waals surface area contributed by atoms with Crippen molar-refractivity contribution in [2.45, 2.75) is 45.4 Å². The summed E-state index contributed by atoms with van der Waals surface area (Å²) in [5.74, 6) is -0.823. The number of ketones is 1. The molecular weight excluding hydrogens is 412 g/mol. The lowest BCUT2D eigenvalue weighted by molar-refractivity contribution is -0.153. The Balaban J connectivity index is 1.65. The molecule has 1 aromatic rings. The fourth-order valence-electron chi connectivity index (χ4n) is 7.27. The molecule has 3 aliphatic carbocycles. The van der Waals surface area contributed by atoms with Crippen LogP contribution in [-0.2, 0) is 16.0 Å². The van der Waals surface area contributed by atoms with Gasteiger partial charge in [0.1, 0.15) is 5.69 Å². The van der Waals surface area contributed by atoms with Gasteiger partial charge in [0.25, 0.3) is 0 Å². The number of hydrogen-bond donors (Lipinski definition) is 3. The molecule has 1 saturated heterocycles. The molecule has 1 aliphatic heterocycles. The fraction of sp³-hybridized carbons (Fsp3) is 0.652. The van der Waals surface area contributed by atoms with Crippen molar-refractivity contribution in [1.82, 2.24) is 10.3 Å². The summed E-state index contributed by atoms with van der Waals surface area (Å²) in [5.41, 5.74) is 10.6. The summed E-state index contributed by atoms with van der Waals surface area (Å²) in [6, 6.07) is 0. The van der Waals surface area contributed by atoms with Crippen LogP contribution in [0, 0.1) is 34.0 Å². The molecule has 1 aromatic heterocycles. The van der Waals surface area contributed by atoms with Crippen molar-refractivity contribution in [1.29, 1.82) is 0 Å². The van der Waals surface area contributed by atoms with E-state index < -0.39 is 22.6 Å². The van der Waals surface area contributed by atoms with Crippen LogP contribution in [0.15, 0.2) is 17.5 Å². The van der Waals surface area contributed by atoms with E-state index in [1.807, 2.05) is 0 Å². The summed E-state index contributed by atoms with van der Waals surface area (Å²) in [5, 5.41) is 5.78. The Kier molecular flexibility index (Phi) is 4.68. The zero-order valence-electron chi connectivity index (χ0n) is 17.9. The molecule has 2 saturated carbocycles. The van der Waals surface area contributed by atoms with Crippen molar-refractivity contribution in [3.8, 4) is 0 Å². The highest BCUT2D eigenvalue weighted by Gasteiger charge is 2.82. The third kappa shape index (κ3) is 2.67. The van der Waals surface area contributed by atoms with Gasteiger partial charge < -0.3 is 16.8 Å². The van der Waals surface area contributed by atoms with E-state index in [4.69, 9.17) is 11.5 Å². The summed E-state index contributed by atoms with van der Waals surface area (Å²) in [6.45, 7) is 3.30. The lowest BCUT2D eigenvalue weighted by atomic mass is 9.52. The van der Waals surface area contributed by atoms with Gasteiger partial charge in [-0.3, -0.25) is 14.4 Å². The predicted octanol–water partition coefficient (Wildman–Crippen LogP) is 1.82. The summed E-state index contributed by atoms with van der Waals surface area (Å²) < 4.78 is 0. The second kappa shape index (κ2) is 6.97. The first kappa shape index (κ1) is 20.8. The molecule has 2 amide bonds. The monoisotopic (exact) mass is 442 g/mol. The maximum atomic E-state index is 13.4. The average Bonchev–Trinajstić information content (AvgIpc) is 3.15. The topological polar surface area (TPSA) is 128 Å². The largest absolute Gasteiger partial charge is 0.369 e. The van der Waals surface area contributed by atoms with Crippen molar-refractivity contribution in [3.05, 3.63) is 28.2 Å². The highest BCUT2D eigenvalue weighted by atomic mass is 32.1. The van der Waals surface area contributed by atoms with E-state index >= 15 is 0 Å². The Bertz CT molecular complexity index is 977. The molecule has 5 rings (SSSR count). The van der Waals surface area contributed by atoms with Crippen LogP contribution >= 0.6 is 11.3 Å². The summed E-state index contributed by atoms with van der Waals surface area (Å²) in [7, 11) is 0. The van der Waals surface area contributed by atoms with Gasteiger partial charge in [-0.2, -0.15) is 0 Å². The van der Waals surface area contributed by atoms with Crippen LogP contribution < -0.4 is 16.8 Å². The Hall–Kier alpha value is -2.06. The maximum Gasteiger partial charge on any atom is 0.225 e. The molecule has 0 unspecified atom stereocenters. The number of hydrogen-bond acceptors (Lipinski definition) is 6. The average molecular weight is 443 g/mol. The van der Waals surface area contributed by atoms with Crippen molar-refractivity contribution in [3.63, 3.8) is 0 Å². The Morgan fingerprint density at radius 2 is 1.71 bits per heavy atom. The maximum absolute atomic E-state index is 13.4. The number of amides is 2. The number of piperidine rings is 1. The fourth-order valence-corrected chi connectivity index (χ4v) is 8.20. The molecule has 8 heteroatoms. The van der Waals surface area contributed by atoms with Crippen LogP contribution in [0.4, 0.5) is 0 Å². The highest BCUT2D eigenvalue weighted by molar-refractivity contribution is 7.09. The van der Waals surface area contributed by atoms with Gasteiger partial charge in [-0.25, -0.2) is 4.98 Å². The van der Waals surface area contributed by atoms with Gasteiger partial charge >= 0.3 is 0 Å². The summed E-state index contributed by atoms with van der Waals surface area (Å²) in [4.78, 5) is 43.1. The molecular formula is C23H30N4O3S. The molecule has 7 nitrogen and oxygen atoms in total. The number of nitrogens with two attached hydrogens (primary N) is 2. The van der Waals surface area contributed by atoms with Gasteiger partial charge in [0, 0.05) is 18.7 Å². The first-order chi connectivity index (χ1) is 14.8. The molecule has 5 N–H and O–H groups in total. The van der Waals surface area contributed by atoms with E-state index in [9.17, 15) is 14.4 Å². The Morgan fingerprint density at radius 1 is 1.10 bits per heavy atom. The van der Waals surface area contributed by atoms with Crippen LogP contribution in [-0.4, -0.2) is 35.7 Å². The normalized spacial score (nSPS) is 35.5. The molecule has 2 bridgehead atoms. The number of Topliss-reactive ketones (excluding diaryl/α,β-unsaturated/α-hetero) is 1. The number of primary amides is 2. The number of carbonyl (C=O) groups is 3. The third-order valence-electron chi connectivity index (χ3n) is 8.71. The van der Waals surface area contributed by atoms with Gasteiger partial charge in [-0.05, 0) is 68.4 Å². The zero-order chi connectivity index (χ0) is 22.0. The lowest BCUT2D eigenvalue weighted by Gasteiger charge is -2.49. The molecule has 31 heavy (non-hydrogen) atoms. The van der Waals surface area contributed by atoms with E-state index in [0.29, 0.717) is 23.0 Å². The van der Waals surface area contributed by atoms with Gasteiger partial charge in [0.05, 0.1) is 15.8 Å². The van der Waals surface area contributed by atoms with E-state index in [2.05, 4.69) is 22.5 Å². The third-order valence-corrected chi connectivity index (χ3v) is 9.56.